The third kappa shape index (κ3) is 6.82. The average Bonchev–Trinajstić information content (AvgIpc) is 2.79. The van der Waals surface area contributed by atoms with Crippen molar-refractivity contribution in [2.24, 2.45) is 5.73 Å². The van der Waals surface area contributed by atoms with Crippen LogP contribution in [0.25, 0.3) is 0 Å². The Kier molecular flexibility index (Phi) is 8.71. The van der Waals surface area contributed by atoms with Crippen LogP contribution in [0.15, 0.2) is 69.6 Å². The maximum atomic E-state index is 12.6. The lowest BCUT2D eigenvalue weighted by atomic mass is 10.1. The van der Waals surface area contributed by atoms with E-state index in [0.717, 1.165) is 14.5 Å². The number of nitrogens with zero attached hydrogens (tertiary/aromatic N) is 1. The summed E-state index contributed by atoms with van der Waals surface area (Å²) in [5.41, 5.74) is 7.38. The van der Waals surface area contributed by atoms with Crippen LogP contribution in [-0.4, -0.2) is 29.7 Å². The number of amides is 3. The van der Waals surface area contributed by atoms with Crippen molar-refractivity contribution in [3.63, 3.8) is 0 Å². The largest absolute Gasteiger partial charge is 0.488 e. The van der Waals surface area contributed by atoms with Crippen molar-refractivity contribution in [2.45, 2.75) is 13.2 Å². The molecule has 0 bridgehead atoms. The highest BCUT2D eigenvalue weighted by molar-refractivity contribution is 9.10. The molecule has 10 heteroatoms. The third-order valence-corrected chi connectivity index (χ3v) is 6.10. The first-order valence-corrected chi connectivity index (χ1v) is 11.9. The Morgan fingerprint density at radius 3 is 2.47 bits per heavy atom. The smallest absolute Gasteiger partial charge is 0.313 e. The first-order chi connectivity index (χ1) is 16.1. The monoisotopic (exact) mass is 607 g/mol. The molecule has 7 nitrogen and oxygen atoms in total. The van der Waals surface area contributed by atoms with E-state index < -0.39 is 17.7 Å². The van der Waals surface area contributed by atoms with Crippen molar-refractivity contribution in [1.29, 1.82) is 0 Å². The predicted molar refractivity (Wildman–Crippen MR) is 138 cm³/mol. The zero-order valence-corrected chi connectivity index (χ0v) is 21.9. The highest BCUT2D eigenvalue weighted by Crippen LogP contribution is 2.25. The van der Waals surface area contributed by atoms with E-state index in [9.17, 15) is 14.4 Å². The number of ether oxygens (including phenoxy) is 1. The summed E-state index contributed by atoms with van der Waals surface area (Å²) >= 11 is 12.9. The van der Waals surface area contributed by atoms with Crippen LogP contribution in [0.2, 0.25) is 5.02 Å². The SMILES string of the molecule is CN(Cc1cc(Br)ccc1Cl)C(=O)C(=O)Nc1ccc(OCc2cccc(Br)c2)c(C(N)=O)c1. The van der Waals surface area contributed by atoms with Crippen molar-refractivity contribution >= 4 is 66.9 Å². The number of rotatable bonds is 7. The molecule has 0 heterocycles. The van der Waals surface area contributed by atoms with Crippen molar-refractivity contribution in [1.82, 2.24) is 4.90 Å². The molecule has 34 heavy (non-hydrogen) atoms. The van der Waals surface area contributed by atoms with E-state index in [1.54, 1.807) is 18.2 Å². The van der Waals surface area contributed by atoms with Crippen LogP contribution in [0.4, 0.5) is 5.69 Å². The molecule has 0 aliphatic heterocycles. The lowest BCUT2D eigenvalue weighted by Crippen LogP contribution is -2.36. The number of carbonyl (C=O) groups is 3. The molecule has 3 aromatic rings. The molecule has 0 atom stereocenters. The van der Waals surface area contributed by atoms with E-state index in [4.69, 9.17) is 22.1 Å². The summed E-state index contributed by atoms with van der Waals surface area (Å²) in [7, 11) is 1.49. The molecule has 3 rings (SSSR count). The number of likely N-dealkylation sites (N-methyl/N-ethyl adjacent to an activating group) is 1. The summed E-state index contributed by atoms with van der Waals surface area (Å²) in [4.78, 5) is 38.3. The van der Waals surface area contributed by atoms with Crippen molar-refractivity contribution in [2.75, 3.05) is 12.4 Å². The van der Waals surface area contributed by atoms with Gasteiger partial charge in [-0.05, 0) is 59.7 Å². The molecule has 3 aromatic carbocycles. The molecular weight excluding hydrogens is 590 g/mol. The summed E-state index contributed by atoms with van der Waals surface area (Å²) in [6.07, 6.45) is 0. The van der Waals surface area contributed by atoms with Crippen LogP contribution in [0.1, 0.15) is 21.5 Å². The summed E-state index contributed by atoms with van der Waals surface area (Å²) in [6.45, 7) is 0.353. The standard InChI is InChI=1S/C24H20Br2ClN3O4/c1-30(12-15-10-17(26)5-7-20(15)27)24(33)23(32)29-18-6-8-21(19(11-18)22(28)31)34-13-14-3-2-4-16(25)9-14/h2-11H,12-13H2,1H3,(H2,28,31)(H,29,32). The molecule has 0 spiro atoms. The predicted octanol–water partition coefficient (Wildman–Crippen LogP) is 5.14. The normalized spacial score (nSPS) is 10.5. The Morgan fingerprint density at radius 1 is 1.03 bits per heavy atom. The highest BCUT2D eigenvalue weighted by Gasteiger charge is 2.21. The van der Waals surface area contributed by atoms with Gasteiger partial charge in [0, 0.05) is 33.2 Å². The van der Waals surface area contributed by atoms with Gasteiger partial charge in [-0.25, -0.2) is 0 Å². The number of nitrogens with one attached hydrogen (secondary N) is 1. The van der Waals surface area contributed by atoms with Gasteiger partial charge in [0.15, 0.2) is 0 Å². The molecule has 0 aliphatic carbocycles. The number of carbonyl (C=O) groups excluding carboxylic acids is 3. The van der Waals surface area contributed by atoms with Crippen molar-refractivity contribution < 1.29 is 19.1 Å². The Labute approximate surface area is 218 Å². The van der Waals surface area contributed by atoms with Gasteiger partial charge in [0.2, 0.25) is 0 Å². The minimum absolute atomic E-state index is 0.0783. The van der Waals surface area contributed by atoms with Gasteiger partial charge in [-0.3, -0.25) is 14.4 Å². The molecular formula is C24H20Br2ClN3O4. The Bertz CT molecular complexity index is 1250. The number of anilines is 1. The fraction of sp³-hybridized carbons (Fsp3) is 0.125. The molecule has 3 N–H and O–H groups in total. The molecule has 3 amide bonds. The second-order valence-corrected chi connectivity index (χ2v) is 9.58. The van der Waals surface area contributed by atoms with Crippen LogP contribution < -0.4 is 15.8 Å². The van der Waals surface area contributed by atoms with Gasteiger partial charge < -0.3 is 20.7 Å². The van der Waals surface area contributed by atoms with Crippen LogP contribution in [0.3, 0.4) is 0 Å². The van der Waals surface area contributed by atoms with E-state index in [0.29, 0.717) is 10.6 Å². The molecule has 0 aromatic heterocycles. The quantitative estimate of drug-likeness (QED) is 0.362. The zero-order valence-electron chi connectivity index (χ0n) is 18.0. The molecule has 0 aliphatic rings. The fourth-order valence-corrected chi connectivity index (χ4v) is 4.10. The Hall–Kier alpha value is -2.88. The van der Waals surface area contributed by atoms with E-state index in [2.05, 4.69) is 37.2 Å². The minimum atomic E-state index is -0.869. The summed E-state index contributed by atoms with van der Waals surface area (Å²) < 4.78 is 7.45. The number of benzene rings is 3. The third-order valence-electron chi connectivity index (χ3n) is 4.74. The van der Waals surface area contributed by atoms with E-state index in [-0.39, 0.29) is 30.2 Å². The molecule has 0 saturated carbocycles. The highest BCUT2D eigenvalue weighted by atomic mass is 79.9. The van der Waals surface area contributed by atoms with Crippen LogP contribution >= 0.6 is 43.5 Å². The number of primary amides is 1. The topological polar surface area (TPSA) is 102 Å². The van der Waals surface area contributed by atoms with Crippen molar-refractivity contribution in [3.05, 3.63) is 91.3 Å². The fourth-order valence-electron chi connectivity index (χ4n) is 3.06. The van der Waals surface area contributed by atoms with Crippen LogP contribution in [0.5, 0.6) is 5.75 Å². The maximum Gasteiger partial charge on any atom is 0.313 e. The van der Waals surface area contributed by atoms with Gasteiger partial charge in [0.1, 0.15) is 12.4 Å². The average molecular weight is 610 g/mol. The summed E-state index contributed by atoms with van der Waals surface area (Å²) in [5, 5.41) is 2.98. The lowest BCUT2D eigenvalue weighted by molar-refractivity contribution is -0.142. The first-order valence-electron chi connectivity index (χ1n) is 9.95. The van der Waals surface area contributed by atoms with Crippen molar-refractivity contribution in [3.8, 4) is 5.75 Å². The summed E-state index contributed by atoms with van der Waals surface area (Å²) in [5.74, 6) is -2.11. The van der Waals surface area contributed by atoms with Gasteiger partial charge in [0.05, 0.1) is 5.56 Å². The van der Waals surface area contributed by atoms with Gasteiger partial charge >= 0.3 is 11.8 Å². The van der Waals surface area contributed by atoms with Gasteiger partial charge in [-0.15, -0.1) is 0 Å². The lowest BCUT2D eigenvalue weighted by Gasteiger charge is -2.18. The maximum absolute atomic E-state index is 12.6. The number of halogens is 3. The first kappa shape index (κ1) is 25.7. The molecule has 0 saturated heterocycles. The molecule has 0 radical (unpaired) electrons. The van der Waals surface area contributed by atoms with E-state index in [1.807, 2.05) is 24.3 Å². The molecule has 0 unspecified atom stereocenters. The number of nitrogens with two attached hydrogens (primary N) is 1. The summed E-state index contributed by atoms with van der Waals surface area (Å²) in [6, 6.07) is 17.2. The van der Waals surface area contributed by atoms with E-state index in [1.165, 1.54) is 30.1 Å². The van der Waals surface area contributed by atoms with Crippen LogP contribution in [0, 0.1) is 0 Å². The Balaban J connectivity index is 1.68. The van der Waals surface area contributed by atoms with Gasteiger partial charge in [0.25, 0.3) is 5.91 Å². The molecule has 0 fully saturated rings. The van der Waals surface area contributed by atoms with Crippen LogP contribution in [-0.2, 0) is 22.7 Å². The van der Waals surface area contributed by atoms with E-state index >= 15 is 0 Å². The second-order valence-electron chi connectivity index (χ2n) is 7.34. The molecule has 176 valence electrons. The Morgan fingerprint density at radius 2 is 1.76 bits per heavy atom. The zero-order chi connectivity index (χ0) is 24.8. The number of hydrogen-bond acceptors (Lipinski definition) is 4. The second kappa shape index (κ2) is 11.5. The van der Waals surface area contributed by atoms with Gasteiger partial charge in [-0.2, -0.15) is 0 Å². The number of hydrogen-bond donors (Lipinski definition) is 2. The van der Waals surface area contributed by atoms with Gasteiger partial charge in [-0.1, -0.05) is 55.6 Å². The minimum Gasteiger partial charge on any atom is -0.488 e.